The second-order valence-corrected chi connectivity index (χ2v) is 14.3. The molecule has 2 saturated heterocycles. The van der Waals surface area contributed by atoms with Crippen LogP contribution in [-0.4, -0.2) is 36.6 Å². The lowest BCUT2D eigenvalue weighted by atomic mass is 9.70. The van der Waals surface area contributed by atoms with Gasteiger partial charge < -0.3 is 18.6 Å². The minimum absolute atomic E-state index is 0.442. The Morgan fingerprint density at radius 1 is 0.409 bits per heavy atom. The Morgan fingerprint density at radius 2 is 0.841 bits per heavy atom. The molecule has 0 bridgehead atoms. The smallest absolute Gasteiger partial charge is 0.399 e. The fraction of sp³-hybridized carbons (Fsp3) is 0.316. The third kappa shape index (κ3) is 4.80. The van der Waals surface area contributed by atoms with E-state index in [4.69, 9.17) is 18.6 Å². The molecule has 0 N–H and O–H groups in total. The average Bonchev–Trinajstić information content (AvgIpc) is 3.36. The molecule has 7 rings (SSSR count). The van der Waals surface area contributed by atoms with Crippen molar-refractivity contribution in [3.05, 3.63) is 97.1 Å². The molecule has 2 aliphatic rings. The fourth-order valence-electron chi connectivity index (χ4n) is 6.21. The van der Waals surface area contributed by atoms with Gasteiger partial charge in [-0.3, -0.25) is 0 Å². The summed E-state index contributed by atoms with van der Waals surface area (Å²) in [5.74, 6) is 0. The molecule has 5 aromatic carbocycles. The molecule has 6 heteroatoms. The Bertz CT molecular complexity index is 1810. The van der Waals surface area contributed by atoms with E-state index in [0.717, 1.165) is 22.1 Å². The highest BCUT2D eigenvalue weighted by molar-refractivity contribution is 6.66. The van der Waals surface area contributed by atoms with Crippen LogP contribution in [0.4, 0.5) is 0 Å². The molecule has 2 aliphatic heterocycles. The van der Waals surface area contributed by atoms with Gasteiger partial charge in [0.05, 0.1) is 22.4 Å². The highest BCUT2D eigenvalue weighted by Gasteiger charge is 2.54. The van der Waals surface area contributed by atoms with Gasteiger partial charge in [-0.05, 0) is 116 Å². The van der Waals surface area contributed by atoms with Gasteiger partial charge in [0.1, 0.15) is 0 Å². The lowest BCUT2D eigenvalue weighted by Crippen LogP contribution is -2.41. The minimum Gasteiger partial charge on any atom is -0.399 e. The number of benzene rings is 5. The van der Waals surface area contributed by atoms with Gasteiger partial charge in [-0.1, -0.05) is 91.0 Å². The van der Waals surface area contributed by atoms with Crippen molar-refractivity contribution in [2.75, 3.05) is 0 Å². The van der Waals surface area contributed by atoms with Gasteiger partial charge in [0, 0.05) is 0 Å². The molecule has 0 spiro atoms. The van der Waals surface area contributed by atoms with Crippen LogP contribution in [0.2, 0.25) is 0 Å². The van der Waals surface area contributed by atoms with Crippen LogP contribution in [-0.2, 0) is 18.6 Å². The zero-order chi connectivity index (χ0) is 31.1. The number of hydrogen-bond acceptors (Lipinski definition) is 4. The second-order valence-electron chi connectivity index (χ2n) is 14.3. The first kappa shape index (κ1) is 29.3. The third-order valence-electron chi connectivity index (χ3n) is 10.3. The first-order valence-corrected chi connectivity index (χ1v) is 15.6. The van der Waals surface area contributed by atoms with E-state index in [1.807, 2.05) is 0 Å². The van der Waals surface area contributed by atoms with Gasteiger partial charge in [0.15, 0.2) is 0 Å². The maximum Gasteiger partial charge on any atom is 0.494 e. The van der Waals surface area contributed by atoms with E-state index in [9.17, 15) is 0 Å². The van der Waals surface area contributed by atoms with E-state index in [-0.39, 0.29) is 0 Å². The molecular weight excluding hydrogens is 542 g/mol. The summed E-state index contributed by atoms with van der Waals surface area (Å²) in [6.45, 7) is 16.7. The quantitative estimate of drug-likeness (QED) is 0.159. The molecule has 4 nitrogen and oxygen atoms in total. The van der Waals surface area contributed by atoms with Crippen LogP contribution >= 0.6 is 0 Å². The van der Waals surface area contributed by atoms with Crippen molar-refractivity contribution in [1.29, 1.82) is 0 Å². The largest absolute Gasteiger partial charge is 0.494 e. The monoisotopic (exact) mass is 582 g/mol. The molecule has 5 aromatic rings. The molecule has 0 radical (unpaired) electrons. The predicted octanol–water partition coefficient (Wildman–Crippen LogP) is 7.93. The van der Waals surface area contributed by atoms with E-state index in [1.165, 1.54) is 32.7 Å². The van der Waals surface area contributed by atoms with Crippen molar-refractivity contribution < 1.29 is 18.6 Å². The summed E-state index contributed by atoms with van der Waals surface area (Å²) in [6.07, 6.45) is 0. The normalized spacial score (nSPS) is 20.1. The molecule has 0 amide bonds. The molecule has 0 unspecified atom stereocenters. The maximum atomic E-state index is 6.49. The summed E-state index contributed by atoms with van der Waals surface area (Å²) in [7, 11) is -0.992. The number of fused-ring (bicyclic) bond motifs is 3. The molecular formula is C38H40B2O4. The zero-order valence-electron chi connectivity index (χ0n) is 27.0. The molecule has 0 atom stereocenters. The molecule has 0 aromatic heterocycles. The lowest BCUT2D eigenvalue weighted by molar-refractivity contribution is 0.00578. The van der Waals surface area contributed by atoms with Crippen molar-refractivity contribution >= 4 is 46.7 Å². The summed E-state index contributed by atoms with van der Waals surface area (Å²) in [5.41, 5.74) is 4.73. The van der Waals surface area contributed by atoms with Crippen LogP contribution in [0.15, 0.2) is 97.1 Å². The van der Waals surface area contributed by atoms with E-state index in [1.54, 1.807) is 0 Å². The van der Waals surface area contributed by atoms with Crippen LogP contribution in [0.3, 0.4) is 0 Å². The number of hydrogen-bond donors (Lipinski definition) is 0. The summed E-state index contributed by atoms with van der Waals surface area (Å²) in [4.78, 5) is 0. The van der Waals surface area contributed by atoms with Gasteiger partial charge >= 0.3 is 14.2 Å². The van der Waals surface area contributed by atoms with Crippen molar-refractivity contribution in [3.63, 3.8) is 0 Å². The summed E-state index contributed by atoms with van der Waals surface area (Å²) < 4.78 is 26.0. The van der Waals surface area contributed by atoms with Crippen molar-refractivity contribution in [2.24, 2.45) is 0 Å². The molecule has 0 saturated carbocycles. The molecule has 44 heavy (non-hydrogen) atoms. The molecule has 0 aliphatic carbocycles. The molecule has 2 heterocycles. The van der Waals surface area contributed by atoms with Crippen LogP contribution in [0.1, 0.15) is 55.4 Å². The van der Waals surface area contributed by atoms with Gasteiger partial charge in [0.2, 0.25) is 0 Å². The first-order valence-electron chi connectivity index (χ1n) is 15.6. The van der Waals surface area contributed by atoms with E-state index in [2.05, 4.69) is 152 Å². The Labute approximate surface area is 262 Å². The van der Waals surface area contributed by atoms with Gasteiger partial charge in [-0.15, -0.1) is 0 Å². The van der Waals surface area contributed by atoms with E-state index >= 15 is 0 Å². The first-order chi connectivity index (χ1) is 20.7. The minimum atomic E-state index is -0.496. The van der Waals surface area contributed by atoms with Crippen LogP contribution in [0, 0.1) is 0 Å². The summed E-state index contributed by atoms with van der Waals surface area (Å²) >= 11 is 0. The van der Waals surface area contributed by atoms with Crippen molar-refractivity contribution in [1.82, 2.24) is 0 Å². The fourth-order valence-corrected chi connectivity index (χ4v) is 6.21. The summed E-state index contributed by atoms with van der Waals surface area (Å²) in [6, 6.07) is 34.9. The highest BCUT2D eigenvalue weighted by Crippen LogP contribution is 2.39. The standard InChI is InChI=1S/C38H40B2O4/c1-35(2)36(3,4)42-39(41-35)29-21-28(22-30(24-29)40-43-37(5,6)38(7,8)44-40)25-17-19-26(20-18-25)34-23-27-13-9-10-14-31(27)32-15-11-12-16-33(32)34/h9-24H,1-8H3. The molecule has 222 valence electrons. The van der Waals surface area contributed by atoms with Crippen LogP contribution in [0.5, 0.6) is 0 Å². The zero-order valence-corrected chi connectivity index (χ0v) is 27.0. The topological polar surface area (TPSA) is 36.9 Å². The highest BCUT2D eigenvalue weighted by atomic mass is 16.7. The second kappa shape index (κ2) is 10.1. The van der Waals surface area contributed by atoms with Crippen molar-refractivity contribution in [3.8, 4) is 22.3 Å². The average molecular weight is 582 g/mol. The lowest BCUT2D eigenvalue weighted by Gasteiger charge is -2.32. The van der Waals surface area contributed by atoms with Crippen LogP contribution < -0.4 is 10.9 Å². The third-order valence-corrected chi connectivity index (χ3v) is 10.3. The maximum absolute atomic E-state index is 6.49. The Kier molecular flexibility index (Phi) is 6.69. The van der Waals surface area contributed by atoms with E-state index in [0.29, 0.717) is 0 Å². The van der Waals surface area contributed by atoms with E-state index < -0.39 is 36.6 Å². The Morgan fingerprint density at radius 3 is 1.36 bits per heavy atom. The number of rotatable bonds is 4. The Hall–Kier alpha value is -3.41. The van der Waals surface area contributed by atoms with Gasteiger partial charge in [-0.25, -0.2) is 0 Å². The molecule has 2 fully saturated rings. The predicted molar refractivity (Wildman–Crippen MR) is 184 cm³/mol. The van der Waals surface area contributed by atoms with Gasteiger partial charge in [0.25, 0.3) is 0 Å². The van der Waals surface area contributed by atoms with Crippen LogP contribution in [0.25, 0.3) is 43.8 Å². The SMILES string of the molecule is CC1(C)OB(c2cc(B3OC(C)(C)C(C)(C)O3)cc(-c3ccc(-c4cc5ccccc5c5ccccc45)cc3)c2)OC1(C)C. The van der Waals surface area contributed by atoms with Gasteiger partial charge in [-0.2, -0.15) is 0 Å². The Balaban J connectivity index is 1.31. The summed E-state index contributed by atoms with van der Waals surface area (Å²) in [5, 5.41) is 5.04. The van der Waals surface area contributed by atoms with Crippen molar-refractivity contribution in [2.45, 2.75) is 77.8 Å².